The van der Waals surface area contributed by atoms with Gasteiger partial charge in [0.25, 0.3) is 0 Å². The Kier molecular flexibility index (Phi) is 4.45. The second-order valence-electron chi connectivity index (χ2n) is 4.58. The quantitative estimate of drug-likeness (QED) is 0.677. The SMILES string of the molecule is CCC(C)c1ccccc1CCC(C)(F)F. The summed E-state index contributed by atoms with van der Waals surface area (Å²) in [6.07, 6.45) is 1.43. The molecule has 0 nitrogen and oxygen atoms in total. The van der Waals surface area contributed by atoms with Gasteiger partial charge in [0.1, 0.15) is 0 Å². The molecule has 1 unspecified atom stereocenters. The van der Waals surface area contributed by atoms with Crippen molar-refractivity contribution >= 4 is 0 Å². The summed E-state index contributed by atoms with van der Waals surface area (Å²) in [5.41, 5.74) is 2.28. The van der Waals surface area contributed by atoms with Gasteiger partial charge in [-0.05, 0) is 36.8 Å². The smallest absolute Gasteiger partial charge is 0.207 e. The minimum Gasteiger partial charge on any atom is -0.207 e. The molecule has 0 aliphatic rings. The minimum absolute atomic E-state index is 0.0690. The van der Waals surface area contributed by atoms with Crippen LogP contribution in [0, 0.1) is 0 Å². The highest BCUT2D eigenvalue weighted by molar-refractivity contribution is 5.30. The van der Waals surface area contributed by atoms with Crippen molar-refractivity contribution in [3.05, 3.63) is 35.4 Å². The molecule has 0 heterocycles. The molecule has 0 amide bonds. The van der Waals surface area contributed by atoms with Crippen LogP contribution in [0.1, 0.15) is 50.7 Å². The molecule has 0 aliphatic carbocycles. The Morgan fingerprint density at radius 1 is 1.25 bits per heavy atom. The van der Waals surface area contributed by atoms with Crippen LogP contribution >= 0.6 is 0 Å². The van der Waals surface area contributed by atoms with Gasteiger partial charge in [0.15, 0.2) is 0 Å². The molecule has 0 bridgehead atoms. The second-order valence-corrected chi connectivity index (χ2v) is 4.58. The Bertz CT molecular complexity index is 326. The van der Waals surface area contributed by atoms with Gasteiger partial charge in [-0.25, -0.2) is 8.78 Å². The van der Waals surface area contributed by atoms with Crippen molar-refractivity contribution in [2.75, 3.05) is 0 Å². The maximum Gasteiger partial charge on any atom is 0.245 e. The van der Waals surface area contributed by atoms with Crippen LogP contribution in [0.15, 0.2) is 24.3 Å². The molecule has 0 aromatic heterocycles. The third-order valence-corrected chi connectivity index (χ3v) is 3.03. The summed E-state index contributed by atoms with van der Waals surface area (Å²) in [4.78, 5) is 0. The lowest BCUT2D eigenvalue weighted by atomic mass is 9.91. The van der Waals surface area contributed by atoms with E-state index in [1.807, 2.05) is 18.2 Å². The van der Waals surface area contributed by atoms with Crippen LogP contribution < -0.4 is 0 Å². The lowest BCUT2D eigenvalue weighted by Gasteiger charge is -2.16. The number of benzene rings is 1. The first kappa shape index (κ1) is 13.1. The maximum absolute atomic E-state index is 12.8. The summed E-state index contributed by atoms with van der Waals surface area (Å²) in [7, 11) is 0. The molecule has 1 rings (SSSR count). The highest BCUT2D eigenvalue weighted by Gasteiger charge is 2.21. The molecule has 0 saturated heterocycles. The van der Waals surface area contributed by atoms with E-state index in [2.05, 4.69) is 19.9 Å². The van der Waals surface area contributed by atoms with Gasteiger partial charge in [0.05, 0.1) is 0 Å². The summed E-state index contributed by atoms with van der Waals surface area (Å²) in [6.45, 7) is 5.25. The van der Waals surface area contributed by atoms with Crippen LogP contribution in [-0.4, -0.2) is 5.92 Å². The number of hydrogen-bond donors (Lipinski definition) is 0. The molecule has 0 aliphatic heterocycles. The first-order valence-electron chi connectivity index (χ1n) is 5.89. The number of rotatable bonds is 5. The third-order valence-electron chi connectivity index (χ3n) is 3.03. The van der Waals surface area contributed by atoms with E-state index in [-0.39, 0.29) is 6.42 Å². The van der Waals surface area contributed by atoms with Crippen LogP contribution in [0.2, 0.25) is 0 Å². The van der Waals surface area contributed by atoms with Crippen LogP contribution in [0.5, 0.6) is 0 Å². The Hall–Kier alpha value is -0.920. The van der Waals surface area contributed by atoms with E-state index in [0.717, 1.165) is 18.9 Å². The summed E-state index contributed by atoms with van der Waals surface area (Å²) < 4.78 is 25.6. The van der Waals surface area contributed by atoms with Crippen LogP contribution in [0.4, 0.5) is 8.78 Å². The number of aryl methyl sites for hydroxylation is 1. The predicted octanol–water partition coefficient (Wildman–Crippen LogP) is 4.79. The van der Waals surface area contributed by atoms with Gasteiger partial charge in [0, 0.05) is 6.42 Å². The van der Waals surface area contributed by atoms with Gasteiger partial charge in [-0.2, -0.15) is 0 Å². The average molecular weight is 226 g/mol. The van der Waals surface area contributed by atoms with Crippen molar-refractivity contribution in [3.8, 4) is 0 Å². The van der Waals surface area contributed by atoms with Crippen molar-refractivity contribution < 1.29 is 8.78 Å². The molecule has 1 aromatic rings. The van der Waals surface area contributed by atoms with E-state index < -0.39 is 5.92 Å². The van der Waals surface area contributed by atoms with Crippen molar-refractivity contribution in [3.63, 3.8) is 0 Å². The first-order valence-corrected chi connectivity index (χ1v) is 5.89. The molecule has 2 heteroatoms. The van der Waals surface area contributed by atoms with Crippen molar-refractivity contribution in [2.45, 2.75) is 51.9 Å². The Morgan fingerprint density at radius 2 is 1.88 bits per heavy atom. The zero-order chi connectivity index (χ0) is 12.2. The topological polar surface area (TPSA) is 0 Å². The Morgan fingerprint density at radius 3 is 2.44 bits per heavy atom. The van der Waals surface area contributed by atoms with Crippen molar-refractivity contribution in [1.29, 1.82) is 0 Å². The second kappa shape index (κ2) is 5.42. The van der Waals surface area contributed by atoms with Crippen LogP contribution in [-0.2, 0) is 6.42 Å². The van der Waals surface area contributed by atoms with Gasteiger partial charge < -0.3 is 0 Å². The van der Waals surface area contributed by atoms with Crippen molar-refractivity contribution in [2.24, 2.45) is 0 Å². The van der Waals surface area contributed by atoms with E-state index in [9.17, 15) is 8.78 Å². The van der Waals surface area contributed by atoms with Gasteiger partial charge in [0.2, 0.25) is 5.92 Å². The summed E-state index contributed by atoms with van der Waals surface area (Å²) >= 11 is 0. The van der Waals surface area contributed by atoms with Crippen LogP contribution in [0.25, 0.3) is 0 Å². The lowest BCUT2D eigenvalue weighted by molar-refractivity contribution is 0.0132. The van der Waals surface area contributed by atoms with E-state index in [1.54, 1.807) is 0 Å². The van der Waals surface area contributed by atoms with E-state index in [1.165, 1.54) is 5.56 Å². The van der Waals surface area contributed by atoms with Gasteiger partial charge in [-0.1, -0.05) is 38.1 Å². The van der Waals surface area contributed by atoms with E-state index >= 15 is 0 Å². The molecular weight excluding hydrogens is 206 g/mol. The molecule has 0 radical (unpaired) electrons. The number of hydrogen-bond acceptors (Lipinski definition) is 0. The third kappa shape index (κ3) is 3.92. The Labute approximate surface area is 96.7 Å². The molecule has 1 aromatic carbocycles. The fraction of sp³-hybridized carbons (Fsp3) is 0.571. The van der Waals surface area contributed by atoms with E-state index in [4.69, 9.17) is 0 Å². The van der Waals surface area contributed by atoms with Crippen molar-refractivity contribution in [1.82, 2.24) is 0 Å². The van der Waals surface area contributed by atoms with Crippen LogP contribution in [0.3, 0.4) is 0 Å². The molecule has 0 fully saturated rings. The summed E-state index contributed by atoms with van der Waals surface area (Å²) in [5.74, 6) is -2.12. The predicted molar refractivity (Wildman–Crippen MR) is 64.1 cm³/mol. The highest BCUT2D eigenvalue weighted by atomic mass is 19.3. The van der Waals surface area contributed by atoms with Gasteiger partial charge in [-0.15, -0.1) is 0 Å². The average Bonchev–Trinajstić information content (AvgIpc) is 2.25. The summed E-state index contributed by atoms with van der Waals surface area (Å²) in [5, 5.41) is 0. The van der Waals surface area contributed by atoms with Gasteiger partial charge in [-0.3, -0.25) is 0 Å². The first-order chi connectivity index (χ1) is 7.44. The molecular formula is C14H20F2. The number of alkyl halides is 2. The fourth-order valence-corrected chi connectivity index (χ4v) is 1.82. The zero-order valence-corrected chi connectivity index (χ0v) is 10.3. The molecule has 90 valence electrons. The summed E-state index contributed by atoms with van der Waals surface area (Å²) in [6, 6.07) is 7.93. The largest absolute Gasteiger partial charge is 0.245 e. The molecule has 0 N–H and O–H groups in total. The minimum atomic E-state index is -2.57. The molecule has 0 saturated carbocycles. The standard InChI is InChI=1S/C14H20F2/c1-4-11(2)13-8-6-5-7-12(13)9-10-14(3,15)16/h5-8,11H,4,9-10H2,1-3H3. The normalized spacial score (nSPS) is 13.8. The zero-order valence-electron chi connectivity index (χ0n) is 10.3. The van der Waals surface area contributed by atoms with Gasteiger partial charge >= 0.3 is 0 Å². The Balaban J connectivity index is 2.79. The monoisotopic (exact) mass is 226 g/mol. The highest BCUT2D eigenvalue weighted by Crippen LogP contribution is 2.26. The molecule has 1 atom stereocenters. The maximum atomic E-state index is 12.8. The lowest BCUT2D eigenvalue weighted by Crippen LogP contribution is -2.11. The number of halogens is 2. The fourth-order valence-electron chi connectivity index (χ4n) is 1.82. The molecule has 16 heavy (non-hydrogen) atoms. The van der Waals surface area contributed by atoms with E-state index in [0.29, 0.717) is 12.3 Å². The molecule has 0 spiro atoms.